The Morgan fingerprint density at radius 3 is 2.62 bits per heavy atom. The average molecular weight is 247 g/mol. The number of hydrogen-bond acceptors (Lipinski definition) is 1. The van der Waals surface area contributed by atoms with Crippen LogP contribution in [-0.2, 0) is 0 Å². The first kappa shape index (κ1) is 11.6. The van der Waals surface area contributed by atoms with Gasteiger partial charge in [0.05, 0.1) is 0 Å². The fraction of sp³-hybridized carbons (Fsp3) is 0.500. The molecule has 1 saturated carbocycles. The second-order valence-electron chi connectivity index (χ2n) is 4.68. The van der Waals surface area contributed by atoms with Gasteiger partial charge in [0, 0.05) is 17.2 Å². The van der Waals surface area contributed by atoms with Crippen molar-refractivity contribution in [3.05, 3.63) is 29.8 Å². The third kappa shape index (κ3) is 1.77. The molecule has 1 aliphatic rings. The molecule has 0 saturated heterocycles. The van der Waals surface area contributed by atoms with Gasteiger partial charge in [-0.15, -0.1) is 11.6 Å². The number of hydrogen-bond donors (Lipinski definition) is 0. The van der Waals surface area contributed by atoms with Crippen molar-refractivity contribution in [2.45, 2.75) is 31.7 Å². The van der Waals surface area contributed by atoms with Crippen LogP contribution < -0.4 is 4.74 Å². The van der Waals surface area contributed by atoms with Gasteiger partial charge in [-0.25, -0.2) is 4.39 Å². The van der Waals surface area contributed by atoms with Crippen molar-refractivity contribution in [1.29, 1.82) is 0 Å². The lowest BCUT2D eigenvalue weighted by Crippen LogP contribution is -2.53. The fourth-order valence-electron chi connectivity index (χ4n) is 1.76. The summed E-state index contributed by atoms with van der Waals surface area (Å²) in [6.07, 6.45) is 0.496. The van der Waals surface area contributed by atoms with Crippen LogP contribution in [-0.4, -0.2) is 11.5 Å². The Labute approximate surface area is 98.4 Å². The van der Waals surface area contributed by atoms with E-state index < -0.39 is 11.6 Å². The molecule has 0 N–H and O–H groups in total. The molecule has 0 aromatic heterocycles. The third-order valence-corrected chi connectivity index (χ3v) is 3.98. The van der Waals surface area contributed by atoms with Crippen molar-refractivity contribution >= 4 is 11.6 Å². The van der Waals surface area contributed by atoms with E-state index in [1.165, 1.54) is 12.1 Å². The van der Waals surface area contributed by atoms with E-state index in [9.17, 15) is 8.78 Å². The zero-order chi connectivity index (χ0) is 11.9. The summed E-state index contributed by atoms with van der Waals surface area (Å²) in [6.45, 7) is 3.91. The highest BCUT2D eigenvalue weighted by atomic mass is 35.5. The highest BCUT2D eigenvalue weighted by Gasteiger charge is 2.49. The smallest absolute Gasteiger partial charge is 0.200 e. The van der Waals surface area contributed by atoms with Gasteiger partial charge in [-0.1, -0.05) is 19.9 Å². The lowest BCUT2D eigenvalue weighted by molar-refractivity contribution is -0.0156. The summed E-state index contributed by atoms with van der Waals surface area (Å²) in [6, 6.07) is 3.92. The van der Waals surface area contributed by atoms with Crippen molar-refractivity contribution in [1.82, 2.24) is 0 Å². The van der Waals surface area contributed by atoms with E-state index in [-0.39, 0.29) is 22.6 Å². The number of halogens is 3. The van der Waals surface area contributed by atoms with Gasteiger partial charge in [-0.2, -0.15) is 4.39 Å². The maximum Gasteiger partial charge on any atom is 0.200 e. The molecule has 16 heavy (non-hydrogen) atoms. The predicted molar refractivity (Wildman–Crippen MR) is 58.8 cm³/mol. The molecular formula is C12H13ClF2O. The summed E-state index contributed by atoms with van der Waals surface area (Å²) >= 11 is 6.02. The molecule has 2 atom stereocenters. The van der Waals surface area contributed by atoms with Crippen LogP contribution in [0.5, 0.6) is 5.75 Å². The molecule has 2 rings (SSSR count). The molecule has 1 nitrogen and oxygen atoms in total. The Balaban J connectivity index is 2.14. The summed E-state index contributed by atoms with van der Waals surface area (Å²) in [7, 11) is 0. The molecular weight excluding hydrogens is 234 g/mol. The lowest BCUT2D eigenvalue weighted by atomic mass is 9.68. The van der Waals surface area contributed by atoms with Crippen molar-refractivity contribution < 1.29 is 13.5 Å². The van der Waals surface area contributed by atoms with Crippen molar-refractivity contribution in [3.8, 4) is 5.75 Å². The summed E-state index contributed by atoms with van der Waals surface area (Å²) in [5, 5.41) is 0.0223. The topological polar surface area (TPSA) is 9.23 Å². The van der Waals surface area contributed by atoms with E-state index >= 15 is 0 Å². The minimum atomic E-state index is -0.934. The van der Waals surface area contributed by atoms with E-state index in [1.807, 2.05) is 13.8 Å². The average Bonchev–Trinajstić information content (AvgIpc) is 2.24. The van der Waals surface area contributed by atoms with Gasteiger partial charge >= 0.3 is 0 Å². The quantitative estimate of drug-likeness (QED) is 0.722. The van der Waals surface area contributed by atoms with Gasteiger partial charge in [0.1, 0.15) is 6.10 Å². The zero-order valence-corrected chi connectivity index (χ0v) is 9.89. The van der Waals surface area contributed by atoms with Crippen LogP contribution in [0.25, 0.3) is 0 Å². The summed E-state index contributed by atoms with van der Waals surface area (Å²) < 4.78 is 31.7. The molecule has 0 radical (unpaired) electrons. The normalized spacial score (nSPS) is 27.3. The van der Waals surface area contributed by atoms with E-state index in [0.29, 0.717) is 6.42 Å². The Morgan fingerprint density at radius 2 is 2.06 bits per heavy atom. The molecule has 1 aliphatic carbocycles. The molecule has 0 heterocycles. The van der Waals surface area contributed by atoms with Crippen LogP contribution in [0.2, 0.25) is 0 Å². The molecule has 0 amide bonds. The zero-order valence-electron chi connectivity index (χ0n) is 9.14. The lowest BCUT2D eigenvalue weighted by Gasteiger charge is -2.48. The fourth-order valence-corrected chi connectivity index (χ4v) is 2.07. The summed E-state index contributed by atoms with van der Waals surface area (Å²) in [5.74, 6) is -1.87. The number of ether oxygens (including phenoxy) is 1. The van der Waals surface area contributed by atoms with Gasteiger partial charge in [-0.3, -0.25) is 0 Å². The predicted octanol–water partition coefficient (Wildman–Crippen LogP) is 3.75. The first-order valence-electron chi connectivity index (χ1n) is 5.17. The van der Waals surface area contributed by atoms with Crippen molar-refractivity contribution in [3.63, 3.8) is 0 Å². The van der Waals surface area contributed by atoms with Crippen LogP contribution in [0.4, 0.5) is 8.78 Å². The van der Waals surface area contributed by atoms with Gasteiger partial charge in [0.15, 0.2) is 11.6 Å². The highest BCUT2D eigenvalue weighted by Crippen LogP contribution is 2.46. The van der Waals surface area contributed by atoms with Crippen LogP contribution in [0, 0.1) is 17.0 Å². The van der Waals surface area contributed by atoms with Gasteiger partial charge < -0.3 is 4.74 Å². The Hall–Kier alpha value is -0.830. The van der Waals surface area contributed by atoms with Crippen LogP contribution in [0.15, 0.2) is 18.2 Å². The molecule has 88 valence electrons. The molecule has 1 aromatic rings. The molecule has 1 aromatic carbocycles. The van der Waals surface area contributed by atoms with Crippen molar-refractivity contribution in [2.24, 2.45) is 5.41 Å². The Morgan fingerprint density at radius 1 is 1.38 bits per heavy atom. The van der Waals surface area contributed by atoms with Gasteiger partial charge in [0.25, 0.3) is 0 Å². The van der Waals surface area contributed by atoms with E-state index in [0.717, 1.165) is 6.07 Å². The standard InChI is InChI=1S/C12H13ClF2O/c1-12(2)9(13)6-10(12)16-8-5-3-4-7(14)11(8)15/h3-5,9-10H,6H2,1-2H3. The maximum absolute atomic E-state index is 13.3. The SMILES string of the molecule is CC1(C)C(Cl)CC1Oc1cccc(F)c1F. The second-order valence-corrected chi connectivity index (χ2v) is 5.21. The van der Waals surface area contributed by atoms with Gasteiger partial charge in [-0.05, 0) is 12.1 Å². The van der Waals surface area contributed by atoms with Crippen LogP contribution in [0.1, 0.15) is 20.3 Å². The van der Waals surface area contributed by atoms with Crippen molar-refractivity contribution in [2.75, 3.05) is 0 Å². The molecule has 0 aliphatic heterocycles. The first-order chi connectivity index (χ1) is 7.43. The Kier molecular flexibility index (Phi) is 2.82. The van der Waals surface area contributed by atoms with E-state index in [2.05, 4.69) is 0 Å². The first-order valence-corrected chi connectivity index (χ1v) is 5.61. The molecule has 0 spiro atoms. The molecule has 2 unspecified atom stereocenters. The van der Waals surface area contributed by atoms with Crippen LogP contribution >= 0.6 is 11.6 Å². The minimum Gasteiger partial charge on any atom is -0.487 e. The monoisotopic (exact) mass is 246 g/mol. The van der Waals surface area contributed by atoms with Gasteiger partial charge in [0.2, 0.25) is 5.82 Å². The summed E-state index contributed by atoms with van der Waals surface area (Å²) in [4.78, 5) is 0. The van der Waals surface area contributed by atoms with E-state index in [1.54, 1.807) is 0 Å². The molecule has 4 heteroatoms. The third-order valence-electron chi connectivity index (χ3n) is 3.24. The largest absolute Gasteiger partial charge is 0.487 e. The maximum atomic E-state index is 13.3. The molecule has 0 bridgehead atoms. The number of alkyl halides is 1. The summed E-state index contributed by atoms with van der Waals surface area (Å²) in [5.41, 5.74) is -0.208. The van der Waals surface area contributed by atoms with Crippen LogP contribution in [0.3, 0.4) is 0 Å². The second kappa shape index (κ2) is 3.88. The number of rotatable bonds is 2. The molecule has 1 fully saturated rings. The highest BCUT2D eigenvalue weighted by molar-refractivity contribution is 6.21. The minimum absolute atomic E-state index is 0.0223. The van der Waals surface area contributed by atoms with E-state index in [4.69, 9.17) is 16.3 Å². The number of benzene rings is 1. The Bertz CT molecular complexity index is 406.